The van der Waals surface area contributed by atoms with Crippen molar-refractivity contribution in [2.45, 2.75) is 18.6 Å². The maximum Gasteiger partial charge on any atom is 0.222 e. The first-order valence-electron chi connectivity index (χ1n) is 6.27. The molecular formula is C13H23N3O2S. The van der Waals surface area contributed by atoms with Crippen LogP contribution >= 0.6 is 11.3 Å². The van der Waals surface area contributed by atoms with E-state index < -0.39 is 0 Å². The van der Waals surface area contributed by atoms with Crippen molar-refractivity contribution in [3.63, 3.8) is 0 Å². The fourth-order valence-electron chi connectivity index (χ4n) is 1.77. The fourth-order valence-corrected chi connectivity index (χ4v) is 2.69. The zero-order valence-electron chi connectivity index (χ0n) is 11.8. The van der Waals surface area contributed by atoms with Crippen LogP contribution in [-0.2, 0) is 9.53 Å². The first-order valence-corrected chi connectivity index (χ1v) is 7.15. The molecule has 1 heterocycles. The van der Waals surface area contributed by atoms with Gasteiger partial charge in [-0.3, -0.25) is 4.79 Å². The summed E-state index contributed by atoms with van der Waals surface area (Å²) in [4.78, 5) is 15.1. The van der Waals surface area contributed by atoms with E-state index in [1.54, 1.807) is 18.4 Å². The van der Waals surface area contributed by atoms with Crippen molar-refractivity contribution in [3.8, 4) is 0 Å². The number of ether oxygens (including phenoxy) is 1. The van der Waals surface area contributed by atoms with Crippen LogP contribution in [0.15, 0.2) is 17.5 Å². The average Bonchev–Trinajstić information content (AvgIpc) is 2.89. The van der Waals surface area contributed by atoms with Gasteiger partial charge < -0.3 is 20.7 Å². The molecule has 5 nitrogen and oxygen atoms in total. The number of nitrogens with zero attached hydrogens (tertiary/aromatic N) is 1. The van der Waals surface area contributed by atoms with Crippen LogP contribution < -0.4 is 11.1 Å². The number of amides is 1. The lowest BCUT2D eigenvalue weighted by molar-refractivity contribution is -0.123. The minimum Gasteiger partial charge on any atom is -0.380 e. The third-order valence-corrected chi connectivity index (χ3v) is 3.97. The molecule has 1 amide bonds. The van der Waals surface area contributed by atoms with Crippen LogP contribution in [0.5, 0.6) is 0 Å². The smallest absolute Gasteiger partial charge is 0.222 e. The Morgan fingerprint density at radius 3 is 2.79 bits per heavy atom. The maximum atomic E-state index is 11.8. The molecule has 6 heteroatoms. The van der Waals surface area contributed by atoms with Crippen LogP contribution in [0.1, 0.15) is 17.3 Å². The van der Waals surface area contributed by atoms with Crippen LogP contribution in [0.2, 0.25) is 0 Å². The number of carbonyl (C=O) groups is 1. The Bertz CT molecular complexity index is 364. The SMILES string of the molecule is COC(CN)CC(=O)NCC(c1cccs1)N(C)C. The largest absolute Gasteiger partial charge is 0.380 e. The van der Waals surface area contributed by atoms with Gasteiger partial charge in [0.1, 0.15) is 0 Å². The Kier molecular flexibility index (Phi) is 7.01. The number of thiophene rings is 1. The third-order valence-electron chi connectivity index (χ3n) is 3.00. The minimum atomic E-state index is -0.209. The lowest BCUT2D eigenvalue weighted by atomic mass is 10.2. The van der Waals surface area contributed by atoms with Crippen LogP contribution in [0, 0.1) is 0 Å². The van der Waals surface area contributed by atoms with E-state index in [1.807, 2.05) is 25.5 Å². The number of hydrogen-bond acceptors (Lipinski definition) is 5. The zero-order valence-corrected chi connectivity index (χ0v) is 12.6. The quantitative estimate of drug-likeness (QED) is 0.742. The monoisotopic (exact) mass is 285 g/mol. The average molecular weight is 285 g/mol. The minimum absolute atomic E-state index is 0.0271. The summed E-state index contributed by atoms with van der Waals surface area (Å²) in [5, 5.41) is 4.99. The van der Waals surface area contributed by atoms with Gasteiger partial charge in [0.15, 0.2) is 0 Å². The van der Waals surface area contributed by atoms with E-state index in [9.17, 15) is 4.79 Å². The molecule has 19 heavy (non-hydrogen) atoms. The Morgan fingerprint density at radius 2 is 2.32 bits per heavy atom. The van der Waals surface area contributed by atoms with Gasteiger partial charge >= 0.3 is 0 Å². The van der Waals surface area contributed by atoms with Crippen molar-refractivity contribution in [3.05, 3.63) is 22.4 Å². The highest BCUT2D eigenvalue weighted by molar-refractivity contribution is 7.10. The molecule has 0 saturated carbocycles. The van der Waals surface area contributed by atoms with Gasteiger partial charge in [-0.05, 0) is 25.5 Å². The number of carbonyl (C=O) groups excluding carboxylic acids is 1. The molecule has 0 radical (unpaired) electrons. The number of nitrogens with one attached hydrogen (secondary N) is 1. The highest BCUT2D eigenvalue weighted by Crippen LogP contribution is 2.22. The molecular weight excluding hydrogens is 262 g/mol. The predicted molar refractivity (Wildman–Crippen MR) is 78.2 cm³/mol. The summed E-state index contributed by atoms with van der Waals surface area (Å²) < 4.78 is 5.10. The predicted octanol–water partition coefficient (Wildman–Crippen LogP) is 0.831. The summed E-state index contributed by atoms with van der Waals surface area (Å²) >= 11 is 1.70. The maximum absolute atomic E-state index is 11.8. The number of nitrogens with two attached hydrogens (primary N) is 1. The lowest BCUT2D eigenvalue weighted by Crippen LogP contribution is -2.37. The third kappa shape index (κ3) is 5.28. The summed E-state index contributed by atoms with van der Waals surface area (Å²) in [6, 6.07) is 4.30. The van der Waals surface area contributed by atoms with E-state index in [1.165, 1.54) is 4.88 Å². The van der Waals surface area contributed by atoms with Crippen molar-refractivity contribution in [2.75, 3.05) is 34.3 Å². The van der Waals surface area contributed by atoms with E-state index in [0.29, 0.717) is 19.5 Å². The second kappa shape index (κ2) is 8.27. The molecule has 1 aromatic rings. The molecule has 0 aromatic carbocycles. The second-order valence-corrected chi connectivity index (χ2v) is 5.58. The van der Waals surface area contributed by atoms with Crippen LogP contribution in [0.3, 0.4) is 0 Å². The second-order valence-electron chi connectivity index (χ2n) is 4.60. The van der Waals surface area contributed by atoms with Gasteiger partial charge in [-0.1, -0.05) is 6.07 Å². The first kappa shape index (κ1) is 16.1. The number of hydrogen-bond donors (Lipinski definition) is 2. The van der Waals surface area contributed by atoms with Gasteiger partial charge in [0.25, 0.3) is 0 Å². The van der Waals surface area contributed by atoms with Gasteiger partial charge in [0.2, 0.25) is 5.91 Å². The standard InChI is InChI=1S/C13H23N3O2S/c1-16(2)11(12-5-4-6-19-12)9-15-13(17)7-10(8-14)18-3/h4-6,10-11H,7-9,14H2,1-3H3,(H,15,17). The Balaban J connectivity index is 2.47. The van der Waals surface area contributed by atoms with Gasteiger partial charge in [-0.15, -0.1) is 11.3 Å². The Hall–Kier alpha value is -0.950. The number of methoxy groups -OCH3 is 1. The summed E-state index contributed by atoms with van der Waals surface area (Å²) in [6.45, 7) is 0.944. The van der Waals surface area contributed by atoms with Gasteiger partial charge in [0, 0.05) is 25.1 Å². The van der Waals surface area contributed by atoms with E-state index in [2.05, 4.69) is 16.3 Å². The molecule has 2 atom stereocenters. The molecule has 0 aliphatic rings. The summed E-state index contributed by atoms with van der Waals surface area (Å²) in [5.41, 5.74) is 5.50. The first-order chi connectivity index (χ1) is 9.08. The Morgan fingerprint density at radius 1 is 1.58 bits per heavy atom. The molecule has 1 rings (SSSR count). The molecule has 0 aliphatic heterocycles. The van der Waals surface area contributed by atoms with E-state index >= 15 is 0 Å². The van der Waals surface area contributed by atoms with E-state index in [4.69, 9.17) is 10.5 Å². The van der Waals surface area contributed by atoms with Gasteiger partial charge in [-0.25, -0.2) is 0 Å². The Labute approximate surface area is 118 Å². The molecule has 0 aliphatic carbocycles. The van der Waals surface area contributed by atoms with Crippen LogP contribution in [0.25, 0.3) is 0 Å². The molecule has 1 aromatic heterocycles. The van der Waals surface area contributed by atoms with E-state index in [0.717, 1.165) is 0 Å². The van der Waals surface area contributed by atoms with Crippen molar-refractivity contribution < 1.29 is 9.53 Å². The molecule has 0 bridgehead atoms. The molecule has 0 spiro atoms. The molecule has 108 valence electrons. The summed E-state index contributed by atoms with van der Waals surface area (Å²) in [5.74, 6) is -0.0271. The van der Waals surface area contributed by atoms with Crippen LogP contribution in [-0.4, -0.2) is 51.2 Å². The number of likely N-dealkylation sites (N-methyl/N-ethyl adjacent to an activating group) is 1. The fraction of sp³-hybridized carbons (Fsp3) is 0.615. The van der Waals surface area contributed by atoms with Crippen LogP contribution in [0.4, 0.5) is 0 Å². The topological polar surface area (TPSA) is 67.6 Å². The van der Waals surface area contributed by atoms with Crippen molar-refractivity contribution >= 4 is 17.2 Å². The van der Waals surface area contributed by atoms with E-state index in [-0.39, 0.29) is 18.1 Å². The normalized spacial score (nSPS) is 14.4. The summed E-state index contributed by atoms with van der Waals surface area (Å²) in [7, 11) is 5.59. The highest BCUT2D eigenvalue weighted by Gasteiger charge is 2.17. The van der Waals surface area contributed by atoms with Gasteiger partial charge in [0.05, 0.1) is 18.6 Å². The molecule has 0 fully saturated rings. The van der Waals surface area contributed by atoms with Gasteiger partial charge in [-0.2, -0.15) is 0 Å². The lowest BCUT2D eigenvalue weighted by Gasteiger charge is -2.24. The molecule has 2 unspecified atom stereocenters. The molecule has 3 N–H and O–H groups in total. The molecule has 0 saturated heterocycles. The van der Waals surface area contributed by atoms with Crippen molar-refractivity contribution in [1.82, 2.24) is 10.2 Å². The number of rotatable bonds is 8. The zero-order chi connectivity index (χ0) is 14.3. The summed E-state index contributed by atoms with van der Waals surface area (Å²) in [6.07, 6.45) is 0.0944. The van der Waals surface area contributed by atoms with Crippen molar-refractivity contribution in [2.24, 2.45) is 5.73 Å². The van der Waals surface area contributed by atoms with Crippen molar-refractivity contribution in [1.29, 1.82) is 0 Å². The highest BCUT2D eigenvalue weighted by atomic mass is 32.1.